The Hall–Kier alpha value is -0.120. The maximum absolute atomic E-state index is 5.73. The molecule has 1 N–H and O–H groups in total. The summed E-state index contributed by atoms with van der Waals surface area (Å²) in [5.74, 6) is 0. The van der Waals surface area contributed by atoms with Crippen LogP contribution in [0.1, 0.15) is 39.5 Å². The maximum atomic E-state index is 5.73. The molecule has 96 valence electrons. The second kappa shape index (κ2) is 8.04. The average molecular weight is 228 g/mol. The van der Waals surface area contributed by atoms with Crippen molar-refractivity contribution in [3.63, 3.8) is 0 Å². The number of unbranched alkanes of at least 4 members (excludes halogenated alkanes) is 3. The lowest BCUT2D eigenvalue weighted by molar-refractivity contribution is -0.0681. The summed E-state index contributed by atoms with van der Waals surface area (Å²) in [7, 11) is 2.02. The predicted octanol–water partition coefficient (Wildman–Crippen LogP) is 1.88. The maximum Gasteiger partial charge on any atom is 0.0678 e. The van der Waals surface area contributed by atoms with Crippen LogP contribution >= 0.6 is 0 Å². The molecular weight excluding hydrogens is 200 g/mol. The first-order valence-electron chi connectivity index (χ1n) is 6.74. The van der Waals surface area contributed by atoms with Crippen molar-refractivity contribution in [2.24, 2.45) is 0 Å². The molecule has 0 aromatic heterocycles. The van der Waals surface area contributed by atoms with Gasteiger partial charge in [-0.25, -0.2) is 0 Å². The van der Waals surface area contributed by atoms with E-state index < -0.39 is 0 Å². The molecule has 0 aromatic carbocycles. The van der Waals surface area contributed by atoms with Gasteiger partial charge in [-0.3, -0.25) is 4.90 Å². The molecular formula is C13H28N2O. The van der Waals surface area contributed by atoms with E-state index in [1.54, 1.807) is 0 Å². The van der Waals surface area contributed by atoms with Crippen LogP contribution in [0.25, 0.3) is 0 Å². The van der Waals surface area contributed by atoms with Gasteiger partial charge in [0.1, 0.15) is 0 Å². The van der Waals surface area contributed by atoms with Crippen molar-refractivity contribution in [1.29, 1.82) is 0 Å². The fourth-order valence-electron chi connectivity index (χ4n) is 2.46. The summed E-state index contributed by atoms with van der Waals surface area (Å²) in [4.78, 5) is 2.55. The smallest absolute Gasteiger partial charge is 0.0678 e. The zero-order valence-electron chi connectivity index (χ0n) is 11.2. The monoisotopic (exact) mass is 228 g/mol. The third-order valence-electron chi connectivity index (χ3n) is 3.15. The molecule has 0 aliphatic carbocycles. The van der Waals surface area contributed by atoms with Crippen LogP contribution in [-0.2, 0) is 4.74 Å². The van der Waals surface area contributed by atoms with Crippen LogP contribution in [0.4, 0.5) is 0 Å². The lowest BCUT2D eigenvalue weighted by atomic mass is 10.1. The number of nitrogens with zero attached hydrogens (tertiary/aromatic N) is 1. The van der Waals surface area contributed by atoms with E-state index in [9.17, 15) is 0 Å². The summed E-state index contributed by atoms with van der Waals surface area (Å²) < 4.78 is 5.73. The van der Waals surface area contributed by atoms with Crippen LogP contribution in [0.5, 0.6) is 0 Å². The number of morpholine rings is 1. The molecule has 1 aliphatic heterocycles. The highest BCUT2D eigenvalue weighted by Gasteiger charge is 2.21. The number of rotatable bonds is 7. The minimum Gasteiger partial charge on any atom is -0.373 e. The van der Waals surface area contributed by atoms with Crippen LogP contribution in [0, 0.1) is 0 Å². The van der Waals surface area contributed by atoms with Crippen LogP contribution in [0.15, 0.2) is 0 Å². The molecule has 1 fully saturated rings. The molecule has 0 aromatic rings. The summed E-state index contributed by atoms with van der Waals surface area (Å²) in [5, 5.41) is 3.19. The largest absolute Gasteiger partial charge is 0.373 e. The molecule has 3 nitrogen and oxygen atoms in total. The van der Waals surface area contributed by atoms with Gasteiger partial charge in [-0.15, -0.1) is 0 Å². The number of nitrogens with one attached hydrogen (secondary N) is 1. The highest BCUT2D eigenvalue weighted by molar-refractivity contribution is 4.72. The van der Waals surface area contributed by atoms with E-state index in [0.29, 0.717) is 12.2 Å². The molecule has 0 radical (unpaired) electrons. The van der Waals surface area contributed by atoms with Gasteiger partial charge < -0.3 is 10.1 Å². The number of ether oxygens (including phenoxy) is 1. The second-order valence-electron chi connectivity index (χ2n) is 5.03. The van der Waals surface area contributed by atoms with E-state index in [-0.39, 0.29) is 0 Å². The molecule has 2 atom stereocenters. The van der Waals surface area contributed by atoms with E-state index >= 15 is 0 Å². The van der Waals surface area contributed by atoms with E-state index in [0.717, 1.165) is 19.6 Å². The van der Waals surface area contributed by atoms with Crippen molar-refractivity contribution in [3.8, 4) is 0 Å². The summed E-state index contributed by atoms with van der Waals surface area (Å²) >= 11 is 0. The van der Waals surface area contributed by atoms with Crippen molar-refractivity contribution < 1.29 is 4.74 Å². The third-order valence-corrected chi connectivity index (χ3v) is 3.15. The Labute approximate surface area is 101 Å². The Morgan fingerprint density at radius 2 is 1.69 bits per heavy atom. The van der Waals surface area contributed by atoms with Crippen molar-refractivity contribution in [2.45, 2.75) is 51.7 Å². The van der Waals surface area contributed by atoms with Crippen molar-refractivity contribution in [2.75, 3.05) is 33.2 Å². The first kappa shape index (κ1) is 13.9. The Bertz CT molecular complexity index is 165. The van der Waals surface area contributed by atoms with Gasteiger partial charge in [0.25, 0.3) is 0 Å². The molecule has 16 heavy (non-hydrogen) atoms. The number of hydrogen-bond acceptors (Lipinski definition) is 3. The van der Waals surface area contributed by atoms with Crippen LogP contribution in [-0.4, -0.2) is 50.3 Å². The van der Waals surface area contributed by atoms with Crippen LogP contribution in [0.3, 0.4) is 0 Å². The van der Waals surface area contributed by atoms with E-state index in [2.05, 4.69) is 24.1 Å². The minimum absolute atomic E-state index is 0.410. The first-order valence-corrected chi connectivity index (χ1v) is 6.74. The van der Waals surface area contributed by atoms with Crippen molar-refractivity contribution in [3.05, 3.63) is 0 Å². The van der Waals surface area contributed by atoms with Gasteiger partial charge in [0.2, 0.25) is 0 Å². The third kappa shape index (κ3) is 5.83. The first-order chi connectivity index (χ1) is 7.72. The molecule has 1 saturated heterocycles. The topological polar surface area (TPSA) is 24.5 Å². The lowest BCUT2D eigenvalue weighted by Crippen LogP contribution is -2.45. The zero-order valence-corrected chi connectivity index (χ0v) is 11.2. The molecule has 1 rings (SSSR count). The molecule has 0 spiro atoms. The normalized spacial score (nSPS) is 27.2. The Kier molecular flexibility index (Phi) is 7.01. The minimum atomic E-state index is 0.410. The Morgan fingerprint density at radius 3 is 2.31 bits per heavy atom. The van der Waals surface area contributed by atoms with E-state index in [1.165, 1.54) is 32.2 Å². The second-order valence-corrected chi connectivity index (χ2v) is 5.03. The van der Waals surface area contributed by atoms with Gasteiger partial charge in [-0.2, -0.15) is 0 Å². The standard InChI is InChI=1S/C13H28N2O/c1-12-10-15(11-13(2)16-12)9-7-5-4-6-8-14-3/h12-14H,4-11H2,1-3H3/t12-,13+. The Morgan fingerprint density at radius 1 is 1.06 bits per heavy atom. The molecule has 0 unspecified atom stereocenters. The van der Waals surface area contributed by atoms with Gasteiger partial charge in [0.05, 0.1) is 12.2 Å². The van der Waals surface area contributed by atoms with Gasteiger partial charge in [0.15, 0.2) is 0 Å². The van der Waals surface area contributed by atoms with E-state index in [4.69, 9.17) is 4.74 Å². The highest BCUT2D eigenvalue weighted by atomic mass is 16.5. The summed E-state index contributed by atoms with van der Waals surface area (Å²) in [6.45, 7) is 8.98. The van der Waals surface area contributed by atoms with Gasteiger partial charge in [-0.05, 0) is 46.8 Å². The molecule has 0 saturated carbocycles. The Balaban J connectivity index is 1.99. The molecule has 1 heterocycles. The van der Waals surface area contributed by atoms with Gasteiger partial charge in [-0.1, -0.05) is 12.8 Å². The highest BCUT2D eigenvalue weighted by Crippen LogP contribution is 2.11. The zero-order chi connectivity index (χ0) is 11.8. The average Bonchev–Trinajstić information content (AvgIpc) is 2.22. The predicted molar refractivity (Wildman–Crippen MR) is 68.8 cm³/mol. The number of hydrogen-bond donors (Lipinski definition) is 1. The molecule has 3 heteroatoms. The summed E-state index contributed by atoms with van der Waals surface area (Å²) in [6.07, 6.45) is 6.19. The van der Waals surface area contributed by atoms with Crippen molar-refractivity contribution >= 4 is 0 Å². The quantitative estimate of drug-likeness (QED) is 0.673. The van der Waals surface area contributed by atoms with Crippen molar-refractivity contribution in [1.82, 2.24) is 10.2 Å². The fraction of sp³-hybridized carbons (Fsp3) is 1.00. The van der Waals surface area contributed by atoms with Crippen LogP contribution < -0.4 is 5.32 Å². The van der Waals surface area contributed by atoms with Gasteiger partial charge in [0, 0.05) is 13.1 Å². The van der Waals surface area contributed by atoms with Crippen LogP contribution in [0.2, 0.25) is 0 Å². The summed E-state index contributed by atoms with van der Waals surface area (Å²) in [6, 6.07) is 0. The van der Waals surface area contributed by atoms with Gasteiger partial charge >= 0.3 is 0 Å². The SMILES string of the molecule is CNCCCCCCN1C[C@@H](C)O[C@@H](C)C1. The fourth-order valence-corrected chi connectivity index (χ4v) is 2.46. The molecule has 1 aliphatic rings. The lowest BCUT2D eigenvalue weighted by Gasteiger charge is -2.35. The molecule has 0 bridgehead atoms. The summed E-state index contributed by atoms with van der Waals surface area (Å²) in [5.41, 5.74) is 0. The van der Waals surface area contributed by atoms with E-state index in [1.807, 2.05) is 7.05 Å². The molecule has 0 amide bonds.